The average Bonchev–Trinajstić information content (AvgIpc) is 2.77. The summed E-state index contributed by atoms with van der Waals surface area (Å²) in [6.07, 6.45) is 1.17. The third kappa shape index (κ3) is 5.47. The molecule has 32 heavy (non-hydrogen) atoms. The first-order valence-corrected chi connectivity index (χ1v) is 11.4. The van der Waals surface area contributed by atoms with Crippen LogP contribution in [-0.4, -0.2) is 47.9 Å². The number of halogens is 1. The lowest BCUT2D eigenvalue weighted by Gasteiger charge is -2.38. The minimum absolute atomic E-state index is 0.0406. The molecule has 0 N–H and O–H groups in total. The van der Waals surface area contributed by atoms with Gasteiger partial charge < -0.3 is 14.5 Å². The van der Waals surface area contributed by atoms with Gasteiger partial charge in [-0.25, -0.2) is 4.39 Å². The van der Waals surface area contributed by atoms with Crippen molar-refractivity contribution in [3.63, 3.8) is 0 Å². The molecular formula is C26H33FN2O3. The first kappa shape index (κ1) is 23.8. The van der Waals surface area contributed by atoms with Crippen LogP contribution in [0.2, 0.25) is 0 Å². The summed E-state index contributed by atoms with van der Waals surface area (Å²) in [5, 5.41) is 0. The molecule has 1 heterocycles. The Morgan fingerprint density at radius 1 is 1.16 bits per heavy atom. The fraction of sp³-hybridized carbons (Fsp3) is 0.462. The van der Waals surface area contributed by atoms with Gasteiger partial charge in [-0.15, -0.1) is 0 Å². The van der Waals surface area contributed by atoms with E-state index in [9.17, 15) is 14.0 Å². The molecule has 1 atom stereocenters. The van der Waals surface area contributed by atoms with Crippen LogP contribution in [0.25, 0.3) is 0 Å². The highest BCUT2D eigenvalue weighted by Crippen LogP contribution is 2.38. The molecule has 2 aromatic carbocycles. The van der Waals surface area contributed by atoms with Gasteiger partial charge in [-0.05, 0) is 67.1 Å². The van der Waals surface area contributed by atoms with Crippen LogP contribution in [-0.2, 0) is 16.0 Å². The number of nitrogens with zero attached hydrogens (tertiary/aromatic N) is 2. The molecule has 0 spiro atoms. The van der Waals surface area contributed by atoms with Crippen molar-refractivity contribution in [2.24, 2.45) is 5.92 Å². The summed E-state index contributed by atoms with van der Waals surface area (Å²) >= 11 is 0. The number of rotatable bonds is 8. The van der Waals surface area contributed by atoms with Gasteiger partial charge in [0, 0.05) is 26.1 Å². The van der Waals surface area contributed by atoms with E-state index in [2.05, 4.69) is 0 Å². The average molecular weight is 441 g/mol. The van der Waals surface area contributed by atoms with E-state index in [4.69, 9.17) is 4.74 Å². The minimum atomic E-state index is -0.386. The molecule has 1 aliphatic rings. The molecule has 1 aliphatic heterocycles. The van der Waals surface area contributed by atoms with Gasteiger partial charge in [-0.2, -0.15) is 0 Å². The van der Waals surface area contributed by atoms with Crippen LogP contribution in [0.15, 0.2) is 42.5 Å². The van der Waals surface area contributed by atoms with E-state index in [1.165, 1.54) is 12.1 Å². The van der Waals surface area contributed by atoms with Crippen molar-refractivity contribution in [1.82, 2.24) is 9.80 Å². The number of likely N-dealkylation sites (N-methyl/N-ethyl adjacent to an activating group) is 1. The summed E-state index contributed by atoms with van der Waals surface area (Å²) in [6.45, 7) is 9.73. The number of carbonyl (C=O) groups is 2. The molecule has 0 aliphatic carbocycles. The largest absolute Gasteiger partial charge is 0.484 e. The number of carbonyl (C=O) groups excluding carboxylic acids is 2. The van der Waals surface area contributed by atoms with E-state index in [1.807, 2.05) is 56.9 Å². The molecule has 5 nitrogen and oxygen atoms in total. The van der Waals surface area contributed by atoms with Gasteiger partial charge in [-0.1, -0.05) is 32.0 Å². The van der Waals surface area contributed by atoms with E-state index < -0.39 is 0 Å². The Bertz CT molecular complexity index is 956. The van der Waals surface area contributed by atoms with E-state index in [-0.39, 0.29) is 36.2 Å². The second-order valence-electron chi connectivity index (χ2n) is 8.61. The zero-order valence-electron chi connectivity index (χ0n) is 19.4. The number of hydrogen-bond acceptors (Lipinski definition) is 3. The lowest BCUT2D eigenvalue weighted by molar-refractivity contribution is -0.134. The van der Waals surface area contributed by atoms with Gasteiger partial charge >= 0.3 is 0 Å². The Hall–Kier alpha value is -2.89. The summed E-state index contributed by atoms with van der Waals surface area (Å²) in [6, 6.07) is 11.8. The van der Waals surface area contributed by atoms with E-state index >= 15 is 0 Å². The third-order valence-electron chi connectivity index (χ3n) is 5.89. The highest BCUT2D eigenvalue weighted by molar-refractivity contribution is 5.78. The highest BCUT2D eigenvalue weighted by Gasteiger charge is 2.32. The molecule has 0 radical (unpaired) electrons. The first-order chi connectivity index (χ1) is 15.3. The molecule has 0 aromatic heterocycles. The summed E-state index contributed by atoms with van der Waals surface area (Å²) in [5.41, 5.74) is 2.77. The van der Waals surface area contributed by atoms with Gasteiger partial charge in [0.15, 0.2) is 6.61 Å². The van der Waals surface area contributed by atoms with Gasteiger partial charge in [0.1, 0.15) is 11.6 Å². The predicted octanol–water partition coefficient (Wildman–Crippen LogP) is 4.59. The maximum atomic E-state index is 14.1. The maximum absolute atomic E-state index is 14.1. The summed E-state index contributed by atoms with van der Waals surface area (Å²) in [5.74, 6) is 0.468. The van der Waals surface area contributed by atoms with Crippen molar-refractivity contribution in [3.8, 4) is 5.75 Å². The Morgan fingerprint density at radius 3 is 2.56 bits per heavy atom. The second kappa shape index (κ2) is 10.6. The predicted molar refractivity (Wildman–Crippen MR) is 123 cm³/mol. The van der Waals surface area contributed by atoms with Crippen molar-refractivity contribution < 1.29 is 18.7 Å². The van der Waals surface area contributed by atoms with Crippen molar-refractivity contribution in [2.75, 3.05) is 26.2 Å². The lowest BCUT2D eigenvalue weighted by atomic mass is 9.87. The quantitative estimate of drug-likeness (QED) is 0.603. The molecule has 2 aromatic rings. The number of hydrogen-bond donors (Lipinski definition) is 0. The van der Waals surface area contributed by atoms with Crippen molar-refractivity contribution in [3.05, 3.63) is 65.0 Å². The zero-order chi connectivity index (χ0) is 23.3. The van der Waals surface area contributed by atoms with Crippen LogP contribution in [0.1, 0.15) is 56.8 Å². The number of fused-ring (bicyclic) bond motifs is 1. The van der Waals surface area contributed by atoms with Gasteiger partial charge in [-0.3, -0.25) is 9.59 Å². The number of benzene rings is 2. The van der Waals surface area contributed by atoms with Crippen LogP contribution in [0.5, 0.6) is 5.75 Å². The molecule has 6 heteroatoms. The van der Waals surface area contributed by atoms with Gasteiger partial charge in [0.25, 0.3) is 5.91 Å². The molecule has 0 fully saturated rings. The van der Waals surface area contributed by atoms with Crippen LogP contribution in [0.4, 0.5) is 4.39 Å². The molecule has 2 amide bonds. The molecule has 1 unspecified atom stereocenters. The summed E-state index contributed by atoms with van der Waals surface area (Å²) in [4.78, 5) is 29.0. The molecular weight excluding hydrogens is 407 g/mol. The normalized spacial score (nSPS) is 15.4. The standard InChI is InChI=1S/C26H33FN2O3/c1-5-28(6-2)25(31)17-32-22-11-10-19-12-13-29(24(30)14-18(3)4)26(23(19)16-22)20-8-7-9-21(27)15-20/h7-11,15-16,18,26H,5-6,12-14,17H2,1-4H3. The summed E-state index contributed by atoms with van der Waals surface area (Å²) in [7, 11) is 0. The van der Waals surface area contributed by atoms with Crippen molar-refractivity contribution in [2.45, 2.75) is 46.6 Å². The van der Waals surface area contributed by atoms with Crippen LogP contribution in [0.3, 0.4) is 0 Å². The summed E-state index contributed by atoms with van der Waals surface area (Å²) < 4.78 is 19.9. The maximum Gasteiger partial charge on any atom is 0.260 e. The second-order valence-corrected chi connectivity index (χ2v) is 8.61. The van der Waals surface area contributed by atoms with E-state index in [0.717, 1.165) is 23.1 Å². The lowest BCUT2D eigenvalue weighted by Crippen LogP contribution is -2.41. The van der Waals surface area contributed by atoms with Gasteiger partial charge in [0.05, 0.1) is 6.04 Å². The number of amides is 2. The topological polar surface area (TPSA) is 49.9 Å². The molecule has 0 saturated heterocycles. The molecule has 172 valence electrons. The molecule has 0 saturated carbocycles. The fourth-order valence-corrected chi connectivity index (χ4v) is 4.27. The Balaban J connectivity index is 1.94. The van der Waals surface area contributed by atoms with Crippen molar-refractivity contribution >= 4 is 11.8 Å². The smallest absolute Gasteiger partial charge is 0.260 e. The monoisotopic (exact) mass is 440 g/mol. The highest BCUT2D eigenvalue weighted by atomic mass is 19.1. The van der Waals surface area contributed by atoms with Crippen LogP contribution < -0.4 is 4.74 Å². The third-order valence-corrected chi connectivity index (χ3v) is 5.89. The Labute approximate surface area is 190 Å². The fourth-order valence-electron chi connectivity index (χ4n) is 4.27. The van der Waals surface area contributed by atoms with Gasteiger partial charge in [0.2, 0.25) is 5.91 Å². The Morgan fingerprint density at radius 2 is 1.91 bits per heavy atom. The molecule has 3 rings (SSSR count). The van der Waals surface area contributed by atoms with Crippen LogP contribution >= 0.6 is 0 Å². The number of ether oxygens (including phenoxy) is 1. The molecule has 0 bridgehead atoms. The van der Waals surface area contributed by atoms with Crippen LogP contribution in [0, 0.1) is 11.7 Å². The first-order valence-electron chi connectivity index (χ1n) is 11.4. The van der Waals surface area contributed by atoms with E-state index in [0.29, 0.717) is 31.8 Å². The van der Waals surface area contributed by atoms with E-state index in [1.54, 1.807) is 11.0 Å². The Kier molecular flexibility index (Phi) is 7.89. The van der Waals surface area contributed by atoms with Crippen molar-refractivity contribution in [1.29, 1.82) is 0 Å². The minimum Gasteiger partial charge on any atom is -0.484 e. The zero-order valence-corrected chi connectivity index (χ0v) is 19.4. The SMILES string of the molecule is CCN(CC)C(=O)COc1ccc2c(c1)C(c1cccc(F)c1)N(C(=O)CC(C)C)CC2.